The number of para-hydroxylation sites is 1. The number of benzene rings is 1. The van der Waals surface area contributed by atoms with Gasteiger partial charge >= 0.3 is 0 Å². The zero-order valence-electron chi connectivity index (χ0n) is 8.11. The molecular formula is C11H11N3O. The van der Waals surface area contributed by atoms with Crippen molar-refractivity contribution >= 4 is 0 Å². The summed E-state index contributed by atoms with van der Waals surface area (Å²) in [6.07, 6.45) is 4.71. The molecular weight excluding hydrogens is 190 g/mol. The van der Waals surface area contributed by atoms with Crippen molar-refractivity contribution in [2.45, 2.75) is 6.42 Å². The van der Waals surface area contributed by atoms with Crippen molar-refractivity contribution in [1.82, 2.24) is 14.8 Å². The van der Waals surface area contributed by atoms with Crippen LogP contribution >= 0.6 is 0 Å². The van der Waals surface area contributed by atoms with Crippen LogP contribution in [-0.4, -0.2) is 19.9 Å². The molecule has 1 aromatic heterocycles. The summed E-state index contributed by atoms with van der Waals surface area (Å²) in [6, 6.07) is 9.76. The van der Waals surface area contributed by atoms with Gasteiger partial charge in [-0.25, -0.2) is 9.67 Å². The summed E-state index contributed by atoms with van der Waals surface area (Å²) in [5, 5.41) is 12.7. The summed E-state index contributed by atoms with van der Waals surface area (Å²) in [6.45, 7) is 0. The van der Waals surface area contributed by atoms with E-state index in [4.69, 9.17) is 5.11 Å². The van der Waals surface area contributed by atoms with Gasteiger partial charge in [0.15, 0.2) is 0 Å². The van der Waals surface area contributed by atoms with Gasteiger partial charge < -0.3 is 5.11 Å². The predicted molar refractivity (Wildman–Crippen MR) is 56.8 cm³/mol. The van der Waals surface area contributed by atoms with E-state index in [0.717, 1.165) is 17.8 Å². The Bertz CT molecular complexity index is 448. The third-order valence-corrected chi connectivity index (χ3v) is 2.02. The SMILES string of the molecule is OC=CCc1ncnn1-c1ccccc1. The second-order valence-corrected chi connectivity index (χ2v) is 3.01. The molecule has 0 saturated carbocycles. The van der Waals surface area contributed by atoms with Crippen LogP contribution in [0.15, 0.2) is 49.0 Å². The smallest absolute Gasteiger partial charge is 0.138 e. The molecule has 0 bridgehead atoms. The van der Waals surface area contributed by atoms with Crippen molar-refractivity contribution in [1.29, 1.82) is 0 Å². The van der Waals surface area contributed by atoms with Gasteiger partial charge in [-0.15, -0.1) is 0 Å². The van der Waals surface area contributed by atoms with Gasteiger partial charge in [0.2, 0.25) is 0 Å². The van der Waals surface area contributed by atoms with Crippen LogP contribution < -0.4 is 0 Å². The maximum Gasteiger partial charge on any atom is 0.138 e. The minimum atomic E-state index is 0.561. The maximum absolute atomic E-state index is 8.59. The summed E-state index contributed by atoms with van der Waals surface area (Å²) in [5.74, 6) is 0.798. The molecule has 1 heterocycles. The Morgan fingerprint density at radius 1 is 1.27 bits per heavy atom. The molecule has 0 atom stereocenters. The number of aliphatic hydroxyl groups is 1. The summed E-state index contributed by atoms with van der Waals surface area (Å²) < 4.78 is 1.75. The van der Waals surface area contributed by atoms with Crippen LogP contribution in [0, 0.1) is 0 Å². The number of hydrogen-bond acceptors (Lipinski definition) is 3. The largest absolute Gasteiger partial charge is 0.516 e. The minimum absolute atomic E-state index is 0.561. The van der Waals surface area contributed by atoms with Crippen LogP contribution in [0.1, 0.15) is 5.82 Å². The van der Waals surface area contributed by atoms with Gasteiger partial charge in [-0.1, -0.05) is 18.2 Å². The molecule has 2 rings (SSSR count). The molecule has 0 spiro atoms. The number of aromatic nitrogens is 3. The first-order valence-electron chi connectivity index (χ1n) is 4.65. The number of rotatable bonds is 3. The summed E-state index contributed by atoms with van der Waals surface area (Å²) in [4.78, 5) is 4.12. The van der Waals surface area contributed by atoms with Gasteiger partial charge in [-0.3, -0.25) is 0 Å². The Morgan fingerprint density at radius 2 is 2.07 bits per heavy atom. The molecule has 1 aromatic carbocycles. The fraction of sp³-hybridized carbons (Fsp3) is 0.0909. The Labute approximate surface area is 87.5 Å². The molecule has 76 valence electrons. The summed E-state index contributed by atoms with van der Waals surface area (Å²) in [5.41, 5.74) is 0.969. The first kappa shape index (κ1) is 9.45. The normalized spacial score (nSPS) is 10.9. The van der Waals surface area contributed by atoms with Gasteiger partial charge in [0.05, 0.1) is 11.9 Å². The highest BCUT2D eigenvalue weighted by Crippen LogP contribution is 2.08. The highest BCUT2D eigenvalue weighted by Gasteiger charge is 2.03. The van der Waals surface area contributed by atoms with Crippen molar-refractivity contribution in [2.24, 2.45) is 0 Å². The molecule has 0 amide bonds. The summed E-state index contributed by atoms with van der Waals surface area (Å²) >= 11 is 0. The highest BCUT2D eigenvalue weighted by molar-refractivity contribution is 5.31. The molecule has 0 radical (unpaired) electrons. The fourth-order valence-electron chi connectivity index (χ4n) is 1.35. The molecule has 0 aliphatic heterocycles. The molecule has 4 heteroatoms. The number of nitrogens with zero attached hydrogens (tertiary/aromatic N) is 3. The van der Waals surface area contributed by atoms with Gasteiger partial charge in [-0.05, 0) is 18.2 Å². The van der Waals surface area contributed by atoms with Crippen molar-refractivity contribution in [3.05, 3.63) is 54.8 Å². The molecule has 0 fully saturated rings. The second-order valence-electron chi connectivity index (χ2n) is 3.01. The van der Waals surface area contributed by atoms with E-state index in [1.807, 2.05) is 30.3 Å². The standard InChI is InChI=1S/C11H11N3O/c15-8-4-7-11-12-9-13-14(11)10-5-2-1-3-6-10/h1-6,8-9,15H,7H2. The predicted octanol–water partition coefficient (Wildman–Crippen LogP) is 1.88. The van der Waals surface area contributed by atoms with Crippen LogP contribution in [0.4, 0.5) is 0 Å². The van der Waals surface area contributed by atoms with E-state index in [0.29, 0.717) is 6.42 Å². The van der Waals surface area contributed by atoms with E-state index < -0.39 is 0 Å². The van der Waals surface area contributed by atoms with Crippen LogP contribution in [0.25, 0.3) is 5.69 Å². The lowest BCUT2D eigenvalue weighted by Gasteiger charge is -2.03. The zero-order chi connectivity index (χ0) is 10.5. The number of allylic oxidation sites excluding steroid dienone is 1. The Kier molecular flexibility index (Phi) is 2.78. The van der Waals surface area contributed by atoms with Gasteiger partial charge in [0.25, 0.3) is 0 Å². The average Bonchev–Trinajstić information content (AvgIpc) is 2.75. The van der Waals surface area contributed by atoms with Crippen molar-refractivity contribution in [3.63, 3.8) is 0 Å². The van der Waals surface area contributed by atoms with Gasteiger partial charge in [-0.2, -0.15) is 5.10 Å². The lowest BCUT2D eigenvalue weighted by Crippen LogP contribution is -2.01. The molecule has 1 N–H and O–H groups in total. The van der Waals surface area contributed by atoms with Crippen molar-refractivity contribution in [3.8, 4) is 5.69 Å². The maximum atomic E-state index is 8.59. The lowest BCUT2D eigenvalue weighted by atomic mass is 10.3. The zero-order valence-corrected chi connectivity index (χ0v) is 8.11. The van der Waals surface area contributed by atoms with Crippen LogP contribution in [0.5, 0.6) is 0 Å². The fourth-order valence-corrected chi connectivity index (χ4v) is 1.35. The molecule has 15 heavy (non-hydrogen) atoms. The third kappa shape index (κ3) is 2.04. The first-order valence-corrected chi connectivity index (χ1v) is 4.65. The van der Waals surface area contributed by atoms with E-state index in [1.54, 1.807) is 10.8 Å². The molecule has 0 aliphatic rings. The van der Waals surface area contributed by atoms with Crippen molar-refractivity contribution in [2.75, 3.05) is 0 Å². The van der Waals surface area contributed by atoms with E-state index in [2.05, 4.69) is 10.1 Å². The van der Waals surface area contributed by atoms with Crippen LogP contribution in [0.3, 0.4) is 0 Å². The number of hydrogen-bond donors (Lipinski definition) is 1. The minimum Gasteiger partial charge on any atom is -0.516 e. The van der Waals surface area contributed by atoms with Crippen molar-refractivity contribution < 1.29 is 5.11 Å². The Hall–Kier alpha value is -2.10. The van der Waals surface area contributed by atoms with E-state index >= 15 is 0 Å². The topological polar surface area (TPSA) is 50.9 Å². The first-order chi connectivity index (χ1) is 7.42. The van der Waals surface area contributed by atoms with Gasteiger partial charge in [0, 0.05) is 6.42 Å². The third-order valence-electron chi connectivity index (χ3n) is 2.02. The van der Waals surface area contributed by atoms with Crippen LogP contribution in [-0.2, 0) is 6.42 Å². The molecule has 0 unspecified atom stereocenters. The summed E-state index contributed by atoms with van der Waals surface area (Å²) in [7, 11) is 0. The van der Waals surface area contributed by atoms with E-state index in [1.165, 1.54) is 6.33 Å². The lowest BCUT2D eigenvalue weighted by molar-refractivity contribution is 0.471. The Morgan fingerprint density at radius 3 is 2.80 bits per heavy atom. The monoisotopic (exact) mass is 201 g/mol. The van der Waals surface area contributed by atoms with Crippen LogP contribution in [0.2, 0.25) is 0 Å². The average molecular weight is 201 g/mol. The number of aliphatic hydroxyl groups excluding tert-OH is 1. The molecule has 0 saturated heterocycles. The van der Waals surface area contributed by atoms with E-state index in [9.17, 15) is 0 Å². The molecule has 2 aromatic rings. The highest BCUT2D eigenvalue weighted by atomic mass is 16.2. The Balaban J connectivity index is 2.33. The molecule has 4 nitrogen and oxygen atoms in total. The van der Waals surface area contributed by atoms with E-state index in [-0.39, 0.29) is 0 Å². The second kappa shape index (κ2) is 4.41. The quantitative estimate of drug-likeness (QED) is 0.771. The molecule has 0 aliphatic carbocycles. The van der Waals surface area contributed by atoms with Gasteiger partial charge in [0.1, 0.15) is 12.2 Å².